The van der Waals surface area contributed by atoms with Gasteiger partial charge >= 0.3 is 0 Å². The van der Waals surface area contributed by atoms with Crippen molar-refractivity contribution in [3.8, 4) is 134 Å². The third-order valence-electron chi connectivity index (χ3n) is 20.7. The van der Waals surface area contributed by atoms with Gasteiger partial charge in [-0.15, -0.1) is 0 Å². The van der Waals surface area contributed by atoms with E-state index in [0.29, 0.717) is 0 Å². The van der Waals surface area contributed by atoms with Crippen LogP contribution in [0.4, 0.5) is 34.1 Å². The lowest BCUT2D eigenvalue weighted by Gasteiger charge is -2.12. The van der Waals surface area contributed by atoms with E-state index in [4.69, 9.17) is 15.0 Å². The SMILES string of the molecule is CC.CC=Nc1ccc(-c2cc(-c3ccc(N=CC)cc3)cc(-c3ccc(N=Cc4ccc(-c5cc(-c6ccc(C)cc6)cc(-c6ccc(C=Nc7ccc(-c8cc(-c9ccc(N=CC)cc9)cc(-c9ccc(N=Cc%10ccc(-c%11cc(-c%12ccc(C)cc%12)cc(-c%12ccc(C)cc%12)c%11)cc%10)cc9)c8)cc7)cc6)c5)cc4)cc3)c2)cc1. The Morgan fingerprint density at radius 1 is 0.147 bits per heavy atom. The average molecular weight is 1500 g/mol. The van der Waals surface area contributed by atoms with Gasteiger partial charge in [0.15, 0.2) is 0 Å². The highest BCUT2D eigenvalue weighted by atomic mass is 14.7. The molecule has 0 bridgehead atoms. The molecular formula is C110H90N6. The topological polar surface area (TPSA) is 74.2 Å². The van der Waals surface area contributed by atoms with E-state index in [-0.39, 0.29) is 0 Å². The van der Waals surface area contributed by atoms with E-state index < -0.39 is 0 Å². The molecule has 0 unspecified atom stereocenters. The van der Waals surface area contributed by atoms with Crippen molar-refractivity contribution in [1.82, 2.24) is 0 Å². The first kappa shape index (κ1) is 76.9. The zero-order chi connectivity index (χ0) is 79.7. The molecule has 6 heteroatoms. The third-order valence-corrected chi connectivity index (χ3v) is 20.7. The molecule has 16 aromatic rings. The van der Waals surface area contributed by atoms with Gasteiger partial charge in [-0.3, -0.25) is 30.0 Å². The van der Waals surface area contributed by atoms with Crippen LogP contribution in [0, 0.1) is 20.8 Å². The predicted molar refractivity (Wildman–Crippen MR) is 500 cm³/mol. The number of hydrogen-bond donors (Lipinski definition) is 0. The number of rotatable bonds is 21. The van der Waals surface area contributed by atoms with E-state index in [1.807, 2.05) is 71.9 Å². The average Bonchev–Trinajstić information content (AvgIpc) is 0.811. The summed E-state index contributed by atoms with van der Waals surface area (Å²) in [4.78, 5) is 28.4. The van der Waals surface area contributed by atoms with Crippen molar-refractivity contribution in [2.24, 2.45) is 30.0 Å². The Balaban J connectivity index is 0.00000524. The number of hydrogen-bond acceptors (Lipinski definition) is 6. The van der Waals surface area contributed by atoms with E-state index >= 15 is 0 Å². The van der Waals surface area contributed by atoms with Crippen LogP contribution in [0.3, 0.4) is 0 Å². The van der Waals surface area contributed by atoms with Crippen LogP contribution in [0.1, 0.15) is 68.0 Å². The van der Waals surface area contributed by atoms with Gasteiger partial charge in [-0.05, 0) is 337 Å². The van der Waals surface area contributed by atoms with Gasteiger partial charge in [-0.25, -0.2) is 0 Å². The molecule has 0 aliphatic heterocycles. The van der Waals surface area contributed by atoms with Crippen LogP contribution in [0.2, 0.25) is 0 Å². The maximum Gasteiger partial charge on any atom is 0.0630 e. The van der Waals surface area contributed by atoms with Crippen LogP contribution < -0.4 is 0 Å². The molecule has 16 aromatic carbocycles. The van der Waals surface area contributed by atoms with Crippen LogP contribution in [-0.2, 0) is 0 Å². The molecule has 6 nitrogen and oxygen atoms in total. The van der Waals surface area contributed by atoms with Crippen molar-refractivity contribution in [2.45, 2.75) is 55.4 Å². The lowest BCUT2D eigenvalue weighted by molar-refractivity contribution is 1.46. The Labute approximate surface area is 683 Å². The Morgan fingerprint density at radius 3 is 0.405 bits per heavy atom. The fraction of sp³-hybridized carbons (Fsp3) is 0.0727. The largest absolute Gasteiger partial charge is 0.262 e. The molecule has 0 N–H and O–H groups in total. The van der Waals surface area contributed by atoms with Crippen molar-refractivity contribution < 1.29 is 0 Å². The second kappa shape index (κ2) is 36.4. The maximum absolute atomic E-state index is 4.99. The number of aliphatic imine (C=N–C) groups is 6. The molecule has 116 heavy (non-hydrogen) atoms. The second-order valence-corrected chi connectivity index (χ2v) is 28.9. The summed E-state index contributed by atoms with van der Waals surface area (Å²) in [5, 5.41) is 0. The molecule has 0 aliphatic carbocycles. The van der Waals surface area contributed by atoms with Crippen LogP contribution in [-0.4, -0.2) is 37.3 Å². The summed E-state index contributed by atoms with van der Waals surface area (Å²) in [6.07, 6.45) is 11.3. The lowest BCUT2D eigenvalue weighted by atomic mass is 9.92. The fourth-order valence-electron chi connectivity index (χ4n) is 14.4. The first-order chi connectivity index (χ1) is 56.9. The summed E-state index contributed by atoms with van der Waals surface area (Å²) in [5.41, 5.74) is 39.5. The van der Waals surface area contributed by atoms with E-state index in [1.165, 1.54) is 50.1 Å². The van der Waals surface area contributed by atoms with Crippen molar-refractivity contribution >= 4 is 71.4 Å². The fourth-order valence-corrected chi connectivity index (χ4v) is 14.4. The molecule has 16 rings (SSSR count). The third kappa shape index (κ3) is 19.0. The van der Waals surface area contributed by atoms with Gasteiger partial charge in [-0.2, -0.15) is 0 Å². The molecule has 0 aliphatic rings. The summed E-state index contributed by atoms with van der Waals surface area (Å²) < 4.78 is 0. The normalized spacial score (nSPS) is 11.6. The molecular weight excluding hydrogens is 1410 g/mol. The first-order valence-electron chi connectivity index (χ1n) is 39.8. The smallest absolute Gasteiger partial charge is 0.0630 e. The Bertz CT molecular complexity index is 6110. The Morgan fingerprint density at radius 2 is 0.267 bits per heavy atom. The monoisotopic (exact) mass is 1490 g/mol. The standard InChI is InChI=1S/C108H84N6.C2H6/c1-7-109-103-46-34-85(35-47-103)97-64-98(86-36-48-104(49-37-86)110-8-2)66-100(65-97)88-40-52-106(53-41-88)113-71-77-18-30-83(31-19-77)95-61-93(81-26-14-75(6)15-27-81)62-96(63-95)84-32-20-78(21-33-84)72-114-108-56-44-90(45-57-108)102-68-99(87-38-50-105(51-39-87)111-9-3)67-101(69-102)89-42-54-107(55-43-89)112-70-76-16-28-82(29-17-76)94-59-91(79-22-10-73(4)11-23-79)58-92(60-94)80-24-12-74(5)13-25-80;1-2/h7-72H,1-6H3;1-2H3. The van der Waals surface area contributed by atoms with Gasteiger partial charge in [0, 0.05) is 37.3 Å². The molecule has 0 saturated heterocycles. The molecule has 0 saturated carbocycles. The number of benzene rings is 16. The minimum atomic E-state index is 0.867. The van der Waals surface area contributed by atoms with E-state index in [1.54, 1.807) is 0 Å². The van der Waals surface area contributed by atoms with Crippen LogP contribution in [0.15, 0.2) is 394 Å². The molecule has 0 spiro atoms. The predicted octanol–water partition coefficient (Wildman–Crippen LogP) is 31.1. The second-order valence-electron chi connectivity index (χ2n) is 28.9. The van der Waals surface area contributed by atoms with Crippen molar-refractivity contribution in [2.75, 3.05) is 0 Å². The minimum absolute atomic E-state index is 0.867. The summed E-state index contributed by atoms with van der Waals surface area (Å²) in [6, 6.07) is 131. The van der Waals surface area contributed by atoms with Crippen LogP contribution >= 0.6 is 0 Å². The zero-order valence-electron chi connectivity index (χ0n) is 66.8. The molecule has 0 atom stereocenters. The summed E-state index contributed by atoms with van der Waals surface area (Å²) in [6.45, 7) is 16.2. The van der Waals surface area contributed by atoms with Gasteiger partial charge in [0.1, 0.15) is 0 Å². The molecule has 560 valence electrons. The summed E-state index contributed by atoms with van der Waals surface area (Å²) in [5.74, 6) is 0. The highest BCUT2D eigenvalue weighted by Gasteiger charge is 2.15. The molecule has 0 radical (unpaired) electrons. The first-order valence-corrected chi connectivity index (χ1v) is 39.8. The zero-order valence-corrected chi connectivity index (χ0v) is 66.8. The molecule has 0 heterocycles. The van der Waals surface area contributed by atoms with Gasteiger partial charge < -0.3 is 0 Å². The van der Waals surface area contributed by atoms with Crippen LogP contribution in [0.5, 0.6) is 0 Å². The van der Waals surface area contributed by atoms with Gasteiger partial charge in [0.2, 0.25) is 0 Å². The van der Waals surface area contributed by atoms with Crippen molar-refractivity contribution in [1.29, 1.82) is 0 Å². The number of nitrogens with zero attached hydrogens (tertiary/aromatic N) is 6. The van der Waals surface area contributed by atoms with E-state index in [2.05, 4.69) is 400 Å². The van der Waals surface area contributed by atoms with Crippen LogP contribution in [0.25, 0.3) is 134 Å². The Hall–Kier alpha value is -14.5. The quantitative estimate of drug-likeness (QED) is 0.0643. The van der Waals surface area contributed by atoms with Gasteiger partial charge in [0.25, 0.3) is 0 Å². The van der Waals surface area contributed by atoms with Gasteiger partial charge in [-0.1, -0.05) is 249 Å². The lowest BCUT2D eigenvalue weighted by Crippen LogP contribution is -1.88. The maximum atomic E-state index is 4.99. The number of aryl methyl sites for hydroxylation is 3. The highest BCUT2D eigenvalue weighted by Crippen LogP contribution is 2.41. The molecule has 0 amide bonds. The van der Waals surface area contributed by atoms with Crippen molar-refractivity contribution in [3.05, 3.63) is 397 Å². The Kier molecular flexibility index (Phi) is 24.1. The van der Waals surface area contributed by atoms with E-state index in [9.17, 15) is 0 Å². The minimum Gasteiger partial charge on any atom is -0.262 e. The summed E-state index contributed by atoms with van der Waals surface area (Å²) >= 11 is 0. The van der Waals surface area contributed by atoms with Crippen molar-refractivity contribution in [3.63, 3.8) is 0 Å². The summed E-state index contributed by atoms with van der Waals surface area (Å²) in [7, 11) is 0. The van der Waals surface area contributed by atoms with Gasteiger partial charge in [0.05, 0.1) is 34.1 Å². The van der Waals surface area contributed by atoms with E-state index in [0.717, 1.165) is 151 Å². The molecule has 0 fully saturated rings. The molecule has 0 aromatic heterocycles. The highest BCUT2D eigenvalue weighted by molar-refractivity contribution is 5.91.